The fraction of sp³-hybridized carbons (Fsp3) is 0.320. The summed E-state index contributed by atoms with van der Waals surface area (Å²) in [5.74, 6) is 0.248. The van der Waals surface area contributed by atoms with Crippen LogP contribution in [0.3, 0.4) is 0 Å². The second-order valence-electron chi connectivity index (χ2n) is 9.01. The summed E-state index contributed by atoms with van der Waals surface area (Å²) in [5, 5.41) is 10.2. The number of nitrogens with zero attached hydrogens (tertiary/aromatic N) is 2. The number of hydrogen-bond acceptors (Lipinski definition) is 7. The number of carbonyl (C=O) groups excluding carboxylic acids is 1. The van der Waals surface area contributed by atoms with Crippen LogP contribution in [0.2, 0.25) is 0 Å². The second-order valence-corrected chi connectivity index (χ2v) is 9.01. The van der Waals surface area contributed by atoms with Gasteiger partial charge in [-0.2, -0.15) is 5.26 Å². The van der Waals surface area contributed by atoms with Crippen molar-refractivity contribution >= 4 is 17.2 Å². The molecule has 4 heterocycles. The largest absolute Gasteiger partial charge is 0.494 e. The van der Waals surface area contributed by atoms with Crippen molar-refractivity contribution < 1.29 is 18.7 Å². The molecule has 0 radical (unpaired) electrons. The van der Waals surface area contributed by atoms with Gasteiger partial charge in [0, 0.05) is 17.2 Å². The number of hydrogen-bond donors (Lipinski definition) is 1. The van der Waals surface area contributed by atoms with Crippen LogP contribution in [-0.4, -0.2) is 18.1 Å². The minimum Gasteiger partial charge on any atom is -0.494 e. The lowest BCUT2D eigenvalue weighted by Gasteiger charge is -2.40. The molecule has 2 N–H and O–H groups in total. The quantitative estimate of drug-likeness (QED) is 0.753. The molecule has 3 aliphatic rings. The van der Waals surface area contributed by atoms with Gasteiger partial charge in [-0.25, -0.2) is 4.79 Å². The summed E-state index contributed by atoms with van der Waals surface area (Å²) >= 11 is 0. The number of rotatable bonds is 2. The third-order valence-corrected chi connectivity index (χ3v) is 6.48. The molecule has 2 aromatic rings. The van der Waals surface area contributed by atoms with E-state index in [9.17, 15) is 14.9 Å². The van der Waals surface area contributed by atoms with Gasteiger partial charge >= 0.3 is 5.63 Å². The Bertz CT molecular complexity index is 1420. The average Bonchev–Trinajstić information content (AvgIpc) is 2.96. The molecule has 1 spiro atoms. The molecule has 3 aliphatic heterocycles. The zero-order valence-corrected chi connectivity index (χ0v) is 19.0. The number of amides is 1. The minimum absolute atomic E-state index is 0.0532. The first-order valence-electron chi connectivity index (χ1n) is 10.7. The van der Waals surface area contributed by atoms with Crippen molar-refractivity contribution in [1.29, 1.82) is 5.26 Å². The maximum atomic E-state index is 14.4. The van der Waals surface area contributed by atoms with E-state index in [1.165, 1.54) is 6.07 Å². The van der Waals surface area contributed by atoms with E-state index >= 15 is 0 Å². The van der Waals surface area contributed by atoms with E-state index in [1.807, 2.05) is 39.8 Å². The predicted molar refractivity (Wildman–Crippen MR) is 121 cm³/mol. The molecular weight excluding hydrogens is 422 g/mol. The Hall–Kier alpha value is -3.99. The third-order valence-electron chi connectivity index (χ3n) is 6.48. The topological polar surface area (TPSA) is 119 Å². The van der Waals surface area contributed by atoms with Crippen LogP contribution in [0.1, 0.15) is 50.1 Å². The molecule has 0 bridgehead atoms. The van der Waals surface area contributed by atoms with Crippen LogP contribution in [0.25, 0.3) is 5.57 Å². The standard InChI is InChI=1S/C25H23N3O5/c1-6-31-14-8-15-12(2)10-24(4,5)28-20(15)16(9-14)25(23(28)30)17(11-26)21(27)33-18-7-13(3)32-22(29)19(18)25/h7-10H,6,27H2,1-5H3/t25-/m1/s1. The van der Waals surface area contributed by atoms with Crippen molar-refractivity contribution in [3.8, 4) is 17.6 Å². The lowest BCUT2D eigenvalue weighted by Crippen LogP contribution is -2.54. The van der Waals surface area contributed by atoms with Gasteiger partial charge in [-0.3, -0.25) is 4.79 Å². The fourth-order valence-corrected chi connectivity index (χ4v) is 5.40. The number of allylic oxidation sites excluding steroid dienone is 1. The molecule has 33 heavy (non-hydrogen) atoms. The lowest BCUT2D eigenvalue weighted by atomic mass is 9.69. The van der Waals surface area contributed by atoms with Crippen LogP contribution in [0.5, 0.6) is 11.5 Å². The van der Waals surface area contributed by atoms with Gasteiger partial charge in [0.2, 0.25) is 11.8 Å². The number of aryl methyl sites for hydroxylation is 1. The molecule has 1 amide bonds. The first-order chi connectivity index (χ1) is 15.6. The van der Waals surface area contributed by atoms with Crippen molar-refractivity contribution in [2.45, 2.75) is 45.6 Å². The Kier molecular flexibility index (Phi) is 4.12. The van der Waals surface area contributed by atoms with Crippen LogP contribution in [0.4, 0.5) is 5.69 Å². The summed E-state index contributed by atoms with van der Waals surface area (Å²) in [5.41, 5.74) is 5.54. The van der Waals surface area contributed by atoms with Crippen molar-refractivity contribution in [3.63, 3.8) is 0 Å². The summed E-state index contributed by atoms with van der Waals surface area (Å²) in [4.78, 5) is 29.3. The molecule has 0 aliphatic carbocycles. The Morgan fingerprint density at radius 2 is 1.94 bits per heavy atom. The maximum Gasteiger partial charge on any atom is 0.344 e. The first-order valence-corrected chi connectivity index (χ1v) is 10.7. The summed E-state index contributed by atoms with van der Waals surface area (Å²) in [7, 11) is 0. The highest BCUT2D eigenvalue weighted by molar-refractivity contribution is 6.18. The fourth-order valence-electron chi connectivity index (χ4n) is 5.40. The van der Waals surface area contributed by atoms with E-state index < -0.39 is 22.5 Å². The Morgan fingerprint density at radius 3 is 2.61 bits per heavy atom. The molecular formula is C25H23N3O5. The zero-order valence-electron chi connectivity index (χ0n) is 19.0. The summed E-state index contributed by atoms with van der Waals surface area (Å²) in [6.45, 7) is 9.65. The Labute approximate surface area is 190 Å². The van der Waals surface area contributed by atoms with Crippen LogP contribution in [0, 0.1) is 18.3 Å². The van der Waals surface area contributed by atoms with Gasteiger partial charge in [0.25, 0.3) is 0 Å². The molecule has 0 saturated heterocycles. The number of fused-ring (bicyclic) bond motifs is 3. The average molecular weight is 445 g/mol. The van der Waals surface area contributed by atoms with Crippen LogP contribution in [0.15, 0.2) is 44.9 Å². The molecule has 1 aromatic carbocycles. The lowest BCUT2D eigenvalue weighted by molar-refractivity contribution is -0.121. The number of benzene rings is 1. The van der Waals surface area contributed by atoms with E-state index in [2.05, 4.69) is 6.07 Å². The number of nitriles is 1. The van der Waals surface area contributed by atoms with Gasteiger partial charge in [0.1, 0.15) is 34.5 Å². The maximum absolute atomic E-state index is 14.4. The molecule has 1 atom stereocenters. The van der Waals surface area contributed by atoms with Gasteiger partial charge in [0.15, 0.2) is 5.41 Å². The molecule has 8 nitrogen and oxygen atoms in total. The predicted octanol–water partition coefficient (Wildman–Crippen LogP) is 3.26. The minimum atomic E-state index is -1.81. The van der Waals surface area contributed by atoms with Crippen molar-refractivity contribution in [1.82, 2.24) is 0 Å². The number of anilines is 1. The monoisotopic (exact) mass is 445 g/mol. The van der Waals surface area contributed by atoms with E-state index in [1.54, 1.807) is 17.9 Å². The molecule has 8 heteroatoms. The van der Waals surface area contributed by atoms with Crippen LogP contribution >= 0.6 is 0 Å². The van der Waals surface area contributed by atoms with Gasteiger partial charge in [0.05, 0.1) is 17.8 Å². The van der Waals surface area contributed by atoms with Gasteiger partial charge in [-0.15, -0.1) is 0 Å². The van der Waals surface area contributed by atoms with Crippen LogP contribution in [-0.2, 0) is 10.2 Å². The highest BCUT2D eigenvalue weighted by Gasteiger charge is 2.64. The number of carbonyl (C=O) groups is 1. The Balaban J connectivity index is 2.01. The molecule has 168 valence electrons. The number of ether oxygens (including phenoxy) is 2. The SMILES string of the molecule is CCOc1cc2c3c(c1)[C@@]1(C(=O)N3C(C)(C)C=C2C)C(C#N)=C(N)Oc2cc(C)oc(=O)c21. The summed E-state index contributed by atoms with van der Waals surface area (Å²) in [6, 6.07) is 7.16. The van der Waals surface area contributed by atoms with Crippen molar-refractivity contribution in [2.75, 3.05) is 11.5 Å². The van der Waals surface area contributed by atoms with E-state index in [4.69, 9.17) is 19.6 Å². The molecule has 0 unspecified atom stereocenters. The summed E-state index contributed by atoms with van der Waals surface area (Å²) in [6.07, 6.45) is 1.99. The van der Waals surface area contributed by atoms with Gasteiger partial charge in [-0.1, -0.05) is 6.08 Å². The van der Waals surface area contributed by atoms with E-state index in [-0.39, 0.29) is 22.8 Å². The summed E-state index contributed by atoms with van der Waals surface area (Å²) < 4.78 is 16.9. The number of nitrogens with two attached hydrogens (primary N) is 1. The highest BCUT2D eigenvalue weighted by atomic mass is 16.5. The van der Waals surface area contributed by atoms with Crippen LogP contribution < -0.4 is 25.7 Å². The molecule has 1 aromatic heterocycles. The first kappa shape index (κ1) is 20.9. The van der Waals surface area contributed by atoms with Crippen molar-refractivity contribution in [2.24, 2.45) is 5.73 Å². The smallest absolute Gasteiger partial charge is 0.344 e. The molecule has 0 saturated carbocycles. The van der Waals surface area contributed by atoms with Gasteiger partial charge < -0.3 is 24.5 Å². The Morgan fingerprint density at radius 1 is 1.21 bits per heavy atom. The normalized spacial score (nSPS) is 21.9. The van der Waals surface area contributed by atoms with Gasteiger partial charge in [-0.05, 0) is 52.3 Å². The zero-order chi connectivity index (χ0) is 23.9. The second kappa shape index (κ2) is 6.51. The van der Waals surface area contributed by atoms with Crippen molar-refractivity contribution in [3.05, 3.63) is 68.6 Å². The molecule has 5 rings (SSSR count). The highest BCUT2D eigenvalue weighted by Crippen LogP contribution is 2.59. The van der Waals surface area contributed by atoms with E-state index in [0.29, 0.717) is 29.4 Å². The molecule has 0 fully saturated rings. The third kappa shape index (κ3) is 2.45. The van der Waals surface area contributed by atoms with E-state index in [0.717, 1.165) is 11.1 Å².